The van der Waals surface area contributed by atoms with Crippen LogP contribution in [0.4, 0.5) is 4.79 Å². The molecular formula is C9H17N3O4. The van der Waals surface area contributed by atoms with E-state index in [1.54, 1.807) is 6.92 Å². The number of carboxylic acids is 1. The van der Waals surface area contributed by atoms with E-state index in [0.29, 0.717) is 6.54 Å². The predicted octanol–water partition coefficient (Wildman–Crippen LogP) is -0.717. The van der Waals surface area contributed by atoms with Crippen LogP contribution < -0.4 is 16.0 Å². The highest BCUT2D eigenvalue weighted by atomic mass is 16.4. The Hall–Kier alpha value is -1.79. The SMILES string of the molecule is CCNC(=O)NC(C)C(=O)N[C@@H](C)C(=O)O. The Kier molecular flexibility index (Phi) is 5.91. The van der Waals surface area contributed by atoms with Crippen LogP contribution >= 0.6 is 0 Å². The van der Waals surface area contributed by atoms with Crippen LogP contribution in [-0.2, 0) is 9.59 Å². The second kappa shape index (κ2) is 6.65. The highest BCUT2D eigenvalue weighted by Gasteiger charge is 2.19. The molecule has 0 saturated carbocycles. The van der Waals surface area contributed by atoms with E-state index in [-0.39, 0.29) is 0 Å². The first-order chi connectivity index (χ1) is 7.38. The van der Waals surface area contributed by atoms with Gasteiger partial charge in [-0.1, -0.05) is 0 Å². The molecule has 0 spiro atoms. The van der Waals surface area contributed by atoms with Crippen molar-refractivity contribution in [1.29, 1.82) is 0 Å². The van der Waals surface area contributed by atoms with Crippen molar-refractivity contribution in [1.82, 2.24) is 16.0 Å². The molecule has 16 heavy (non-hydrogen) atoms. The fourth-order valence-corrected chi connectivity index (χ4v) is 0.874. The van der Waals surface area contributed by atoms with Crippen LogP contribution in [-0.4, -0.2) is 41.6 Å². The van der Waals surface area contributed by atoms with Crippen LogP contribution in [0.5, 0.6) is 0 Å². The van der Waals surface area contributed by atoms with Crippen LogP contribution in [0.3, 0.4) is 0 Å². The summed E-state index contributed by atoms with van der Waals surface area (Å²) in [5.41, 5.74) is 0. The Balaban J connectivity index is 4.08. The normalized spacial score (nSPS) is 13.4. The van der Waals surface area contributed by atoms with Gasteiger partial charge >= 0.3 is 12.0 Å². The summed E-state index contributed by atoms with van der Waals surface area (Å²) in [4.78, 5) is 32.9. The second-order valence-electron chi connectivity index (χ2n) is 3.29. The summed E-state index contributed by atoms with van der Waals surface area (Å²) >= 11 is 0. The third-order valence-corrected chi connectivity index (χ3v) is 1.81. The fraction of sp³-hybridized carbons (Fsp3) is 0.667. The molecule has 0 heterocycles. The van der Waals surface area contributed by atoms with Gasteiger partial charge < -0.3 is 21.1 Å². The maximum absolute atomic E-state index is 11.4. The average molecular weight is 231 g/mol. The molecule has 2 atom stereocenters. The van der Waals surface area contributed by atoms with Gasteiger partial charge in [-0.05, 0) is 20.8 Å². The highest BCUT2D eigenvalue weighted by Crippen LogP contribution is 1.87. The summed E-state index contributed by atoms with van der Waals surface area (Å²) in [6.07, 6.45) is 0. The van der Waals surface area contributed by atoms with E-state index >= 15 is 0 Å². The van der Waals surface area contributed by atoms with Crippen molar-refractivity contribution in [3.8, 4) is 0 Å². The van der Waals surface area contributed by atoms with Gasteiger partial charge in [0.05, 0.1) is 0 Å². The molecule has 92 valence electrons. The van der Waals surface area contributed by atoms with E-state index in [0.717, 1.165) is 0 Å². The molecule has 7 heteroatoms. The zero-order valence-electron chi connectivity index (χ0n) is 9.53. The van der Waals surface area contributed by atoms with E-state index in [4.69, 9.17) is 5.11 Å². The standard InChI is InChI=1S/C9H17N3O4/c1-4-10-9(16)12-5(2)7(13)11-6(3)8(14)15/h5-6H,4H2,1-3H3,(H,11,13)(H,14,15)(H2,10,12,16)/t5?,6-/m0/s1. The zero-order valence-corrected chi connectivity index (χ0v) is 9.53. The first-order valence-corrected chi connectivity index (χ1v) is 4.96. The number of urea groups is 1. The molecule has 0 bridgehead atoms. The summed E-state index contributed by atoms with van der Waals surface area (Å²) in [5, 5.41) is 15.6. The van der Waals surface area contributed by atoms with Gasteiger partial charge in [0.2, 0.25) is 5.91 Å². The van der Waals surface area contributed by atoms with Crippen LogP contribution in [0.25, 0.3) is 0 Å². The quantitative estimate of drug-likeness (QED) is 0.501. The van der Waals surface area contributed by atoms with Gasteiger partial charge in [-0.3, -0.25) is 9.59 Å². The summed E-state index contributed by atoms with van der Waals surface area (Å²) in [5.74, 6) is -1.67. The lowest BCUT2D eigenvalue weighted by Gasteiger charge is -2.16. The number of hydrogen-bond donors (Lipinski definition) is 4. The highest BCUT2D eigenvalue weighted by molar-refractivity contribution is 5.89. The first kappa shape index (κ1) is 14.2. The lowest BCUT2D eigenvalue weighted by Crippen LogP contribution is -2.51. The molecule has 0 aliphatic carbocycles. The summed E-state index contributed by atoms with van der Waals surface area (Å²) in [7, 11) is 0. The van der Waals surface area contributed by atoms with Gasteiger partial charge in [0.1, 0.15) is 12.1 Å². The maximum atomic E-state index is 11.4. The summed E-state index contributed by atoms with van der Waals surface area (Å²) < 4.78 is 0. The minimum absolute atomic E-state index is 0.450. The van der Waals surface area contributed by atoms with Crippen molar-refractivity contribution in [2.45, 2.75) is 32.9 Å². The van der Waals surface area contributed by atoms with E-state index in [1.807, 2.05) is 0 Å². The molecule has 0 radical (unpaired) electrons. The summed E-state index contributed by atoms with van der Waals surface area (Å²) in [6.45, 7) is 5.01. The van der Waals surface area contributed by atoms with Crippen molar-refractivity contribution in [3.63, 3.8) is 0 Å². The summed E-state index contributed by atoms with van der Waals surface area (Å²) in [6, 6.07) is -2.23. The molecular weight excluding hydrogens is 214 g/mol. The van der Waals surface area contributed by atoms with Crippen molar-refractivity contribution in [2.75, 3.05) is 6.54 Å². The molecule has 7 nitrogen and oxygen atoms in total. The molecule has 0 rings (SSSR count). The van der Waals surface area contributed by atoms with Gasteiger partial charge in [-0.2, -0.15) is 0 Å². The van der Waals surface area contributed by atoms with Crippen molar-refractivity contribution < 1.29 is 19.5 Å². The van der Waals surface area contributed by atoms with Crippen molar-refractivity contribution in [2.24, 2.45) is 0 Å². The van der Waals surface area contributed by atoms with E-state index in [1.165, 1.54) is 13.8 Å². The third kappa shape index (κ3) is 5.18. The van der Waals surface area contributed by atoms with Gasteiger partial charge in [0, 0.05) is 6.54 Å². The van der Waals surface area contributed by atoms with E-state index < -0.39 is 30.0 Å². The molecule has 1 unspecified atom stereocenters. The van der Waals surface area contributed by atoms with Gasteiger partial charge in [-0.25, -0.2) is 4.79 Å². The molecule has 0 fully saturated rings. The topological polar surface area (TPSA) is 108 Å². The van der Waals surface area contributed by atoms with E-state index in [2.05, 4.69) is 16.0 Å². The van der Waals surface area contributed by atoms with Gasteiger partial charge in [0.15, 0.2) is 0 Å². The first-order valence-electron chi connectivity index (χ1n) is 4.96. The Morgan fingerprint density at radius 1 is 1.12 bits per heavy atom. The number of hydrogen-bond acceptors (Lipinski definition) is 3. The zero-order chi connectivity index (χ0) is 12.7. The Bertz CT molecular complexity index is 280. The second-order valence-corrected chi connectivity index (χ2v) is 3.29. The lowest BCUT2D eigenvalue weighted by atomic mass is 10.2. The van der Waals surface area contributed by atoms with Crippen LogP contribution in [0, 0.1) is 0 Å². The number of carbonyl (C=O) groups excluding carboxylic acids is 2. The number of carboxylic acid groups (broad SMARTS) is 1. The average Bonchev–Trinajstić information content (AvgIpc) is 2.17. The minimum atomic E-state index is -1.13. The Morgan fingerprint density at radius 2 is 1.69 bits per heavy atom. The molecule has 4 N–H and O–H groups in total. The predicted molar refractivity (Wildman–Crippen MR) is 56.9 cm³/mol. The van der Waals surface area contributed by atoms with Crippen molar-refractivity contribution in [3.05, 3.63) is 0 Å². The Labute approximate surface area is 93.6 Å². The monoisotopic (exact) mass is 231 g/mol. The number of rotatable bonds is 5. The smallest absolute Gasteiger partial charge is 0.325 e. The molecule has 0 aromatic rings. The van der Waals surface area contributed by atoms with Crippen LogP contribution in [0.2, 0.25) is 0 Å². The molecule has 0 aromatic carbocycles. The van der Waals surface area contributed by atoms with E-state index in [9.17, 15) is 14.4 Å². The molecule has 0 aromatic heterocycles. The fourth-order valence-electron chi connectivity index (χ4n) is 0.874. The lowest BCUT2D eigenvalue weighted by molar-refractivity contribution is -0.141. The van der Waals surface area contributed by atoms with Crippen molar-refractivity contribution >= 4 is 17.9 Å². The molecule has 0 aliphatic heterocycles. The van der Waals surface area contributed by atoms with Crippen LogP contribution in [0.15, 0.2) is 0 Å². The number of amides is 3. The molecule has 0 aliphatic rings. The molecule has 0 saturated heterocycles. The number of carbonyl (C=O) groups is 3. The van der Waals surface area contributed by atoms with Gasteiger partial charge in [0.25, 0.3) is 0 Å². The molecule has 3 amide bonds. The van der Waals surface area contributed by atoms with Crippen LogP contribution in [0.1, 0.15) is 20.8 Å². The Morgan fingerprint density at radius 3 is 2.12 bits per heavy atom. The number of aliphatic carboxylic acids is 1. The maximum Gasteiger partial charge on any atom is 0.325 e. The number of nitrogens with one attached hydrogen (secondary N) is 3. The third-order valence-electron chi connectivity index (χ3n) is 1.81. The van der Waals surface area contributed by atoms with Gasteiger partial charge in [-0.15, -0.1) is 0 Å². The minimum Gasteiger partial charge on any atom is -0.480 e. The largest absolute Gasteiger partial charge is 0.480 e.